The first-order valence-corrected chi connectivity index (χ1v) is 5.18. The Labute approximate surface area is 80.4 Å². The zero-order valence-electron chi connectivity index (χ0n) is 6.95. The van der Waals surface area contributed by atoms with Crippen LogP contribution in [0.1, 0.15) is 5.56 Å². The van der Waals surface area contributed by atoms with Gasteiger partial charge in [-0.2, -0.15) is 5.10 Å². The summed E-state index contributed by atoms with van der Waals surface area (Å²) in [5, 5.41) is 7.11. The number of nitrogens with zero attached hydrogens (tertiary/aromatic N) is 1. The third-order valence-corrected chi connectivity index (χ3v) is 3.38. The van der Waals surface area contributed by atoms with Gasteiger partial charge in [-0.25, -0.2) is 0 Å². The largest absolute Gasteiger partial charge is 0.277 e. The molecule has 0 fully saturated rings. The highest BCUT2D eigenvalue weighted by molar-refractivity contribution is 7.98. The SMILES string of the molecule is c1ccc2c(c1)SCc1cn[nH]c1-2. The van der Waals surface area contributed by atoms with Gasteiger partial charge >= 0.3 is 0 Å². The van der Waals surface area contributed by atoms with Gasteiger partial charge in [0, 0.05) is 21.8 Å². The van der Waals surface area contributed by atoms with E-state index in [2.05, 4.69) is 34.5 Å². The van der Waals surface area contributed by atoms with E-state index in [1.54, 1.807) is 0 Å². The summed E-state index contributed by atoms with van der Waals surface area (Å²) in [5.41, 5.74) is 3.78. The van der Waals surface area contributed by atoms with Gasteiger partial charge in [-0.3, -0.25) is 5.10 Å². The van der Waals surface area contributed by atoms with Crippen molar-refractivity contribution in [1.29, 1.82) is 0 Å². The van der Waals surface area contributed by atoms with Crippen molar-refractivity contribution in [2.24, 2.45) is 0 Å². The first-order chi connectivity index (χ1) is 6.45. The summed E-state index contributed by atoms with van der Waals surface area (Å²) >= 11 is 1.88. The van der Waals surface area contributed by atoms with Gasteiger partial charge in [0.25, 0.3) is 0 Å². The molecule has 0 saturated carbocycles. The highest BCUT2D eigenvalue weighted by atomic mass is 32.2. The Bertz CT molecular complexity index is 448. The topological polar surface area (TPSA) is 28.7 Å². The minimum Gasteiger partial charge on any atom is -0.277 e. The molecule has 0 atom stereocenters. The molecular formula is C10H8N2S. The molecule has 0 radical (unpaired) electrons. The van der Waals surface area contributed by atoms with Crippen molar-refractivity contribution >= 4 is 11.8 Å². The van der Waals surface area contributed by atoms with Gasteiger partial charge in [-0.15, -0.1) is 11.8 Å². The zero-order valence-corrected chi connectivity index (χ0v) is 7.77. The van der Waals surface area contributed by atoms with Crippen LogP contribution in [-0.4, -0.2) is 10.2 Å². The molecular weight excluding hydrogens is 180 g/mol. The number of hydrogen-bond acceptors (Lipinski definition) is 2. The highest BCUT2D eigenvalue weighted by Crippen LogP contribution is 2.39. The number of thioether (sulfide) groups is 1. The van der Waals surface area contributed by atoms with Crippen molar-refractivity contribution in [3.05, 3.63) is 36.0 Å². The van der Waals surface area contributed by atoms with E-state index in [0.29, 0.717) is 0 Å². The van der Waals surface area contributed by atoms with E-state index in [-0.39, 0.29) is 0 Å². The molecule has 2 aromatic rings. The average molecular weight is 188 g/mol. The Morgan fingerprint density at radius 3 is 3.23 bits per heavy atom. The number of hydrogen-bond donors (Lipinski definition) is 1. The van der Waals surface area contributed by atoms with Gasteiger partial charge in [0.05, 0.1) is 11.9 Å². The number of aromatic nitrogens is 2. The quantitative estimate of drug-likeness (QED) is 0.688. The standard InChI is InChI=1S/C10H8N2S/c1-2-4-9-8(3-1)10-7(6-13-9)5-11-12-10/h1-5H,6H2,(H,11,12). The summed E-state index contributed by atoms with van der Waals surface area (Å²) in [4.78, 5) is 1.35. The van der Waals surface area contributed by atoms with Crippen LogP contribution in [0.2, 0.25) is 0 Å². The molecule has 13 heavy (non-hydrogen) atoms. The maximum absolute atomic E-state index is 4.06. The van der Waals surface area contributed by atoms with Gasteiger partial charge in [-0.1, -0.05) is 18.2 Å². The molecule has 1 aliphatic heterocycles. The van der Waals surface area contributed by atoms with Crippen molar-refractivity contribution in [3.63, 3.8) is 0 Å². The van der Waals surface area contributed by atoms with Crippen molar-refractivity contribution in [1.82, 2.24) is 10.2 Å². The molecule has 2 nitrogen and oxygen atoms in total. The number of H-pyrrole nitrogens is 1. The Morgan fingerprint density at radius 2 is 2.23 bits per heavy atom. The molecule has 0 spiro atoms. The molecule has 3 heteroatoms. The van der Waals surface area contributed by atoms with Gasteiger partial charge in [0.2, 0.25) is 0 Å². The van der Waals surface area contributed by atoms with E-state index in [1.807, 2.05) is 18.0 Å². The minimum absolute atomic E-state index is 1.03. The van der Waals surface area contributed by atoms with Gasteiger partial charge in [0.15, 0.2) is 0 Å². The lowest BCUT2D eigenvalue weighted by Crippen LogP contribution is -1.92. The summed E-state index contributed by atoms with van der Waals surface area (Å²) < 4.78 is 0. The van der Waals surface area contributed by atoms with Gasteiger partial charge in [0.1, 0.15) is 0 Å². The maximum Gasteiger partial charge on any atom is 0.0701 e. The fraction of sp³-hybridized carbons (Fsp3) is 0.100. The van der Waals surface area contributed by atoms with Crippen LogP contribution in [0.15, 0.2) is 35.4 Å². The fourth-order valence-electron chi connectivity index (χ4n) is 1.61. The average Bonchev–Trinajstić information content (AvgIpc) is 2.65. The molecule has 1 aromatic heterocycles. The smallest absolute Gasteiger partial charge is 0.0701 e. The van der Waals surface area contributed by atoms with Crippen LogP contribution in [0, 0.1) is 0 Å². The maximum atomic E-state index is 4.06. The summed E-state index contributed by atoms with van der Waals surface area (Å²) in [6.45, 7) is 0. The fourth-order valence-corrected chi connectivity index (χ4v) is 2.64. The summed E-state index contributed by atoms with van der Waals surface area (Å²) in [5.74, 6) is 1.03. The van der Waals surface area contributed by atoms with Crippen LogP contribution in [0.25, 0.3) is 11.3 Å². The predicted molar refractivity (Wildman–Crippen MR) is 53.6 cm³/mol. The van der Waals surface area contributed by atoms with Gasteiger partial charge in [-0.05, 0) is 6.07 Å². The molecule has 1 aliphatic rings. The van der Waals surface area contributed by atoms with E-state index < -0.39 is 0 Å². The highest BCUT2D eigenvalue weighted by Gasteiger charge is 2.16. The summed E-state index contributed by atoms with van der Waals surface area (Å²) in [6.07, 6.45) is 1.91. The summed E-state index contributed by atoms with van der Waals surface area (Å²) in [7, 11) is 0. The van der Waals surface area contributed by atoms with E-state index >= 15 is 0 Å². The number of nitrogens with one attached hydrogen (secondary N) is 1. The Hall–Kier alpha value is -1.22. The second-order valence-corrected chi connectivity index (χ2v) is 4.07. The van der Waals surface area contributed by atoms with Crippen LogP contribution in [-0.2, 0) is 5.75 Å². The molecule has 0 unspecified atom stereocenters. The van der Waals surface area contributed by atoms with Crippen molar-refractivity contribution in [3.8, 4) is 11.3 Å². The second kappa shape index (κ2) is 2.64. The van der Waals surface area contributed by atoms with Crippen LogP contribution in [0.4, 0.5) is 0 Å². The van der Waals surface area contributed by atoms with Crippen LogP contribution >= 0.6 is 11.8 Å². The molecule has 1 aromatic carbocycles. The Balaban J connectivity index is 2.30. The lowest BCUT2D eigenvalue weighted by atomic mass is 10.1. The lowest BCUT2D eigenvalue weighted by Gasteiger charge is -2.13. The van der Waals surface area contributed by atoms with E-state index in [0.717, 1.165) is 5.75 Å². The van der Waals surface area contributed by atoms with Crippen LogP contribution < -0.4 is 0 Å². The van der Waals surface area contributed by atoms with Gasteiger partial charge < -0.3 is 0 Å². The molecule has 2 heterocycles. The third-order valence-electron chi connectivity index (χ3n) is 2.26. The number of benzene rings is 1. The van der Waals surface area contributed by atoms with E-state index in [1.165, 1.54) is 21.7 Å². The number of aromatic amines is 1. The van der Waals surface area contributed by atoms with Crippen LogP contribution in [0.5, 0.6) is 0 Å². The van der Waals surface area contributed by atoms with Crippen molar-refractivity contribution < 1.29 is 0 Å². The minimum atomic E-state index is 1.03. The zero-order chi connectivity index (χ0) is 8.67. The predicted octanol–water partition coefficient (Wildman–Crippen LogP) is 2.68. The normalized spacial score (nSPS) is 13.5. The van der Waals surface area contributed by atoms with E-state index in [9.17, 15) is 0 Å². The third kappa shape index (κ3) is 1.00. The number of fused-ring (bicyclic) bond motifs is 3. The lowest BCUT2D eigenvalue weighted by molar-refractivity contribution is 1.09. The molecule has 3 rings (SSSR count). The monoisotopic (exact) mass is 188 g/mol. The molecule has 0 saturated heterocycles. The first-order valence-electron chi connectivity index (χ1n) is 4.19. The molecule has 64 valence electrons. The molecule has 0 amide bonds. The Kier molecular flexibility index (Phi) is 1.46. The van der Waals surface area contributed by atoms with Crippen molar-refractivity contribution in [2.45, 2.75) is 10.6 Å². The van der Waals surface area contributed by atoms with Crippen LogP contribution in [0.3, 0.4) is 0 Å². The summed E-state index contributed by atoms with van der Waals surface area (Å²) in [6, 6.07) is 8.44. The van der Waals surface area contributed by atoms with Crippen molar-refractivity contribution in [2.75, 3.05) is 0 Å². The number of rotatable bonds is 0. The molecule has 0 bridgehead atoms. The molecule has 1 N–H and O–H groups in total. The Morgan fingerprint density at radius 1 is 1.31 bits per heavy atom. The van der Waals surface area contributed by atoms with E-state index in [4.69, 9.17) is 0 Å². The first kappa shape index (κ1) is 7.21. The molecule has 0 aliphatic carbocycles. The second-order valence-electron chi connectivity index (χ2n) is 3.06.